The summed E-state index contributed by atoms with van der Waals surface area (Å²) in [5.74, 6) is 1.49. The molecule has 0 aliphatic heterocycles. The maximum Gasteiger partial charge on any atom is 0.219 e. The number of halogens is 1. The molecule has 7 heteroatoms. The molecule has 3 aromatic heterocycles. The Labute approximate surface area is 147 Å². The summed E-state index contributed by atoms with van der Waals surface area (Å²) in [6.07, 6.45) is 3.23. The summed E-state index contributed by atoms with van der Waals surface area (Å²) in [5.41, 5.74) is 1.92. The van der Waals surface area contributed by atoms with Crippen LogP contribution in [0.2, 0.25) is 0 Å². The summed E-state index contributed by atoms with van der Waals surface area (Å²) in [7, 11) is 0. The van der Waals surface area contributed by atoms with Crippen LogP contribution in [0.15, 0.2) is 60.4 Å². The fourth-order valence-electron chi connectivity index (χ4n) is 2.34. The number of hydrogen-bond acceptors (Lipinski definition) is 6. The van der Waals surface area contributed by atoms with Crippen LogP contribution in [0, 0.1) is 5.82 Å². The van der Waals surface area contributed by atoms with Crippen LogP contribution < -0.4 is 10.1 Å². The second-order valence-corrected chi connectivity index (χ2v) is 6.19. The molecule has 124 valence electrons. The van der Waals surface area contributed by atoms with Gasteiger partial charge in [0.2, 0.25) is 5.88 Å². The Morgan fingerprint density at radius 3 is 2.80 bits per heavy atom. The zero-order valence-electron chi connectivity index (χ0n) is 13.0. The van der Waals surface area contributed by atoms with E-state index in [4.69, 9.17) is 4.74 Å². The number of benzene rings is 1. The SMILES string of the molecule is Fc1ccc(Oc2cc(CNc3ncnc4ccsc34)ccn2)cc1. The van der Waals surface area contributed by atoms with Crippen molar-refractivity contribution in [3.8, 4) is 11.6 Å². The van der Waals surface area contributed by atoms with Crippen molar-refractivity contribution >= 4 is 27.4 Å². The number of thiophene rings is 1. The van der Waals surface area contributed by atoms with Gasteiger partial charge in [-0.3, -0.25) is 0 Å². The van der Waals surface area contributed by atoms with Crippen molar-refractivity contribution in [3.63, 3.8) is 0 Å². The lowest BCUT2D eigenvalue weighted by atomic mass is 10.2. The van der Waals surface area contributed by atoms with Gasteiger partial charge in [-0.25, -0.2) is 19.3 Å². The second-order valence-electron chi connectivity index (χ2n) is 5.27. The average molecular weight is 352 g/mol. The number of hydrogen-bond donors (Lipinski definition) is 1. The Bertz CT molecular complexity index is 1000. The first-order chi connectivity index (χ1) is 12.3. The first kappa shape index (κ1) is 15.5. The van der Waals surface area contributed by atoms with E-state index >= 15 is 0 Å². The highest BCUT2D eigenvalue weighted by Gasteiger charge is 2.06. The Kier molecular flexibility index (Phi) is 4.22. The molecular formula is C18H13FN4OS. The lowest BCUT2D eigenvalue weighted by molar-refractivity contribution is 0.460. The van der Waals surface area contributed by atoms with Crippen LogP contribution in [0.3, 0.4) is 0 Å². The Balaban J connectivity index is 1.48. The van der Waals surface area contributed by atoms with Crippen LogP contribution in [0.5, 0.6) is 11.6 Å². The number of nitrogens with one attached hydrogen (secondary N) is 1. The van der Waals surface area contributed by atoms with Gasteiger partial charge in [-0.1, -0.05) is 0 Å². The molecule has 0 aliphatic carbocycles. The average Bonchev–Trinajstić information content (AvgIpc) is 3.12. The summed E-state index contributed by atoms with van der Waals surface area (Å²) >= 11 is 1.60. The molecule has 0 bridgehead atoms. The van der Waals surface area contributed by atoms with Crippen LogP contribution in [0.1, 0.15) is 5.56 Å². The number of anilines is 1. The van der Waals surface area contributed by atoms with E-state index in [1.807, 2.05) is 23.6 Å². The third-order valence-electron chi connectivity index (χ3n) is 3.54. The van der Waals surface area contributed by atoms with Crippen LogP contribution in [-0.2, 0) is 6.54 Å². The smallest absolute Gasteiger partial charge is 0.219 e. The first-order valence-corrected chi connectivity index (χ1v) is 8.46. The maximum absolute atomic E-state index is 12.9. The standard InChI is InChI=1S/C18H13FN4OS/c19-13-1-3-14(4-2-13)24-16-9-12(5-7-20-16)10-21-18-17-15(6-8-25-17)22-11-23-18/h1-9,11H,10H2,(H,21,22,23). The van der Waals surface area contributed by atoms with Gasteiger partial charge in [-0.15, -0.1) is 11.3 Å². The molecule has 5 nitrogen and oxygen atoms in total. The molecule has 1 aromatic carbocycles. The van der Waals surface area contributed by atoms with Gasteiger partial charge in [0.25, 0.3) is 0 Å². The summed E-state index contributed by atoms with van der Waals surface area (Å²) in [4.78, 5) is 12.7. The highest BCUT2D eigenvalue weighted by atomic mass is 32.1. The van der Waals surface area contributed by atoms with Crippen molar-refractivity contribution in [2.24, 2.45) is 0 Å². The van der Waals surface area contributed by atoms with E-state index in [0.717, 1.165) is 21.6 Å². The minimum atomic E-state index is -0.303. The van der Waals surface area contributed by atoms with E-state index in [9.17, 15) is 4.39 Å². The number of ether oxygens (including phenoxy) is 1. The van der Waals surface area contributed by atoms with Gasteiger partial charge in [0, 0.05) is 18.8 Å². The molecule has 4 rings (SSSR count). The first-order valence-electron chi connectivity index (χ1n) is 7.58. The van der Waals surface area contributed by atoms with E-state index in [1.165, 1.54) is 12.1 Å². The molecule has 3 heterocycles. The van der Waals surface area contributed by atoms with E-state index < -0.39 is 0 Å². The van der Waals surface area contributed by atoms with E-state index in [2.05, 4.69) is 20.3 Å². The fraction of sp³-hybridized carbons (Fsp3) is 0.0556. The third kappa shape index (κ3) is 3.56. The third-order valence-corrected chi connectivity index (χ3v) is 4.45. The van der Waals surface area contributed by atoms with Gasteiger partial charge in [0.1, 0.15) is 23.7 Å². The van der Waals surface area contributed by atoms with Crippen LogP contribution in [0.4, 0.5) is 10.2 Å². The molecule has 0 atom stereocenters. The zero-order chi connectivity index (χ0) is 17.1. The summed E-state index contributed by atoms with van der Waals surface area (Å²) in [6, 6.07) is 11.5. The van der Waals surface area contributed by atoms with Gasteiger partial charge < -0.3 is 10.1 Å². The minimum Gasteiger partial charge on any atom is -0.439 e. The quantitative estimate of drug-likeness (QED) is 0.567. The molecule has 0 radical (unpaired) electrons. The Hall–Kier alpha value is -3.06. The lowest BCUT2D eigenvalue weighted by Crippen LogP contribution is -2.02. The van der Waals surface area contributed by atoms with E-state index in [1.54, 1.807) is 36.0 Å². The van der Waals surface area contributed by atoms with Crippen molar-refractivity contribution in [2.75, 3.05) is 5.32 Å². The Morgan fingerprint density at radius 2 is 1.92 bits per heavy atom. The number of nitrogens with zero attached hydrogens (tertiary/aromatic N) is 3. The highest BCUT2D eigenvalue weighted by Crippen LogP contribution is 2.25. The molecule has 4 aromatic rings. The molecule has 25 heavy (non-hydrogen) atoms. The van der Waals surface area contributed by atoms with Gasteiger partial charge in [-0.05, 0) is 47.3 Å². The Morgan fingerprint density at radius 1 is 1.04 bits per heavy atom. The molecule has 0 aliphatic rings. The number of aromatic nitrogens is 3. The predicted octanol–water partition coefficient (Wildman–Crippen LogP) is 4.63. The van der Waals surface area contributed by atoms with E-state index in [0.29, 0.717) is 18.2 Å². The highest BCUT2D eigenvalue weighted by molar-refractivity contribution is 7.17. The minimum absolute atomic E-state index is 0.303. The largest absolute Gasteiger partial charge is 0.439 e. The van der Waals surface area contributed by atoms with Crippen LogP contribution >= 0.6 is 11.3 Å². The van der Waals surface area contributed by atoms with Crippen molar-refractivity contribution in [2.45, 2.75) is 6.54 Å². The number of fused-ring (bicyclic) bond motifs is 1. The molecule has 0 saturated heterocycles. The molecule has 0 fully saturated rings. The van der Waals surface area contributed by atoms with Gasteiger partial charge in [0.15, 0.2) is 0 Å². The van der Waals surface area contributed by atoms with Crippen LogP contribution in [-0.4, -0.2) is 15.0 Å². The second kappa shape index (κ2) is 6.82. The molecule has 0 spiro atoms. The molecule has 0 amide bonds. The molecule has 1 N–H and O–H groups in total. The molecular weight excluding hydrogens is 339 g/mol. The normalized spacial score (nSPS) is 10.8. The molecule has 0 unspecified atom stereocenters. The predicted molar refractivity (Wildman–Crippen MR) is 95.5 cm³/mol. The van der Waals surface area contributed by atoms with Crippen LogP contribution in [0.25, 0.3) is 10.2 Å². The fourth-order valence-corrected chi connectivity index (χ4v) is 3.15. The monoisotopic (exact) mass is 352 g/mol. The van der Waals surface area contributed by atoms with Crippen molar-refractivity contribution in [3.05, 3.63) is 71.7 Å². The topological polar surface area (TPSA) is 59.9 Å². The summed E-state index contributed by atoms with van der Waals surface area (Å²) in [6.45, 7) is 0.576. The van der Waals surface area contributed by atoms with Gasteiger partial charge in [-0.2, -0.15) is 0 Å². The van der Waals surface area contributed by atoms with Gasteiger partial charge >= 0.3 is 0 Å². The lowest BCUT2D eigenvalue weighted by Gasteiger charge is -2.08. The van der Waals surface area contributed by atoms with Gasteiger partial charge in [0.05, 0.1) is 10.2 Å². The van der Waals surface area contributed by atoms with Crippen molar-refractivity contribution in [1.29, 1.82) is 0 Å². The number of pyridine rings is 1. The number of rotatable bonds is 5. The zero-order valence-corrected chi connectivity index (χ0v) is 13.8. The maximum atomic E-state index is 12.9. The van der Waals surface area contributed by atoms with E-state index in [-0.39, 0.29) is 5.82 Å². The summed E-state index contributed by atoms with van der Waals surface area (Å²) in [5, 5.41) is 5.31. The van der Waals surface area contributed by atoms with Crippen molar-refractivity contribution in [1.82, 2.24) is 15.0 Å². The van der Waals surface area contributed by atoms with Crippen molar-refractivity contribution < 1.29 is 9.13 Å². The molecule has 0 saturated carbocycles. The summed E-state index contributed by atoms with van der Waals surface area (Å²) < 4.78 is 19.6.